The number of halogens is 2. The third-order valence-corrected chi connectivity index (χ3v) is 4.52. The molecule has 1 aliphatic rings. The summed E-state index contributed by atoms with van der Waals surface area (Å²) in [4.78, 5) is 18.3. The Morgan fingerprint density at radius 3 is 2.87 bits per heavy atom. The number of pyridine rings is 1. The summed E-state index contributed by atoms with van der Waals surface area (Å²) in [6, 6.07) is 8.78. The number of aromatic nitrogens is 1. The highest BCUT2D eigenvalue weighted by molar-refractivity contribution is 9.10. The molecule has 1 fully saturated rings. The predicted octanol–water partition coefficient (Wildman–Crippen LogP) is 3.41. The Labute approximate surface area is 147 Å². The number of rotatable bonds is 4. The van der Waals surface area contributed by atoms with Crippen molar-refractivity contribution >= 4 is 33.4 Å². The van der Waals surface area contributed by atoms with E-state index in [1.54, 1.807) is 48.5 Å². The van der Waals surface area contributed by atoms with Gasteiger partial charge in [0, 0.05) is 10.7 Å². The van der Waals surface area contributed by atoms with E-state index in [0.717, 1.165) is 4.47 Å². The largest absolute Gasteiger partial charge is 0.497 e. The molecule has 0 saturated carbocycles. The smallest absolute Gasteiger partial charge is 0.255 e. The number of carbonyl (C=O) groups excluding carboxylic acids is 1. The molecule has 23 heavy (non-hydrogen) atoms. The van der Waals surface area contributed by atoms with Crippen molar-refractivity contribution in [2.75, 3.05) is 20.2 Å². The molecule has 0 radical (unpaired) electrons. The van der Waals surface area contributed by atoms with E-state index in [1.807, 2.05) is 0 Å². The Bertz CT molecular complexity index is 735. The van der Waals surface area contributed by atoms with E-state index < -0.39 is 0 Å². The molecule has 0 unspecified atom stereocenters. The van der Waals surface area contributed by atoms with Crippen molar-refractivity contribution in [2.24, 2.45) is 0 Å². The van der Waals surface area contributed by atoms with E-state index >= 15 is 0 Å². The van der Waals surface area contributed by atoms with E-state index in [0.29, 0.717) is 35.3 Å². The second-order valence-corrected chi connectivity index (χ2v) is 6.35. The summed E-state index contributed by atoms with van der Waals surface area (Å²) >= 11 is 9.41. The van der Waals surface area contributed by atoms with Gasteiger partial charge in [-0.25, -0.2) is 4.98 Å². The minimum absolute atomic E-state index is 0.0669. The molecule has 0 N–H and O–H groups in total. The highest BCUT2D eigenvalue weighted by Crippen LogP contribution is 2.27. The van der Waals surface area contributed by atoms with Crippen LogP contribution in [0.15, 0.2) is 41.0 Å². The Balaban J connectivity index is 1.63. The predicted molar refractivity (Wildman–Crippen MR) is 90.3 cm³/mol. The standard InChI is InChI=1S/C16H14BrClN2O3/c1-22-10-4-5-13(17)12(7-10)16(21)20-8-11(9-20)23-15-14(18)3-2-6-19-15/h2-7,11H,8-9H2,1H3. The summed E-state index contributed by atoms with van der Waals surface area (Å²) in [5.74, 6) is 0.974. The third-order valence-electron chi connectivity index (χ3n) is 3.54. The molecule has 2 heterocycles. The second kappa shape index (κ2) is 6.76. The minimum Gasteiger partial charge on any atom is -0.497 e. The van der Waals surface area contributed by atoms with E-state index in [1.165, 1.54) is 0 Å². The number of hydrogen-bond acceptors (Lipinski definition) is 4. The van der Waals surface area contributed by atoms with Gasteiger partial charge in [-0.3, -0.25) is 4.79 Å². The first-order valence-corrected chi connectivity index (χ1v) is 8.15. The number of ether oxygens (including phenoxy) is 2. The highest BCUT2D eigenvalue weighted by atomic mass is 79.9. The Kier molecular flexibility index (Phi) is 4.73. The molecule has 1 aromatic heterocycles. The third kappa shape index (κ3) is 3.43. The fraction of sp³-hybridized carbons (Fsp3) is 0.250. The van der Waals surface area contributed by atoms with Crippen LogP contribution in [0.4, 0.5) is 0 Å². The maximum Gasteiger partial charge on any atom is 0.255 e. The van der Waals surface area contributed by atoms with Crippen molar-refractivity contribution in [2.45, 2.75) is 6.10 Å². The number of methoxy groups -OCH3 is 1. The van der Waals surface area contributed by atoms with Crippen LogP contribution in [0, 0.1) is 0 Å². The number of hydrogen-bond donors (Lipinski definition) is 0. The van der Waals surface area contributed by atoms with Gasteiger partial charge in [-0.15, -0.1) is 0 Å². The maximum atomic E-state index is 12.5. The fourth-order valence-electron chi connectivity index (χ4n) is 2.26. The van der Waals surface area contributed by atoms with Gasteiger partial charge in [0.05, 0.1) is 25.8 Å². The minimum atomic E-state index is -0.101. The molecular formula is C16H14BrClN2O3. The zero-order valence-electron chi connectivity index (χ0n) is 12.3. The van der Waals surface area contributed by atoms with Crippen molar-refractivity contribution < 1.29 is 14.3 Å². The number of nitrogens with zero attached hydrogens (tertiary/aromatic N) is 2. The van der Waals surface area contributed by atoms with Crippen LogP contribution in [0.25, 0.3) is 0 Å². The van der Waals surface area contributed by atoms with Gasteiger partial charge in [0.15, 0.2) is 0 Å². The summed E-state index contributed by atoms with van der Waals surface area (Å²) in [7, 11) is 1.57. The summed E-state index contributed by atoms with van der Waals surface area (Å²) in [6.45, 7) is 0.991. The van der Waals surface area contributed by atoms with Gasteiger partial charge in [0.2, 0.25) is 5.88 Å². The van der Waals surface area contributed by atoms with Crippen molar-refractivity contribution in [3.63, 3.8) is 0 Å². The molecule has 1 aromatic carbocycles. The average Bonchev–Trinajstić information content (AvgIpc) is 2.52. The lowest BCUT2D eigenvalue weighted by Gasteiger charge is -2.38. The number of carbonyl (C=O) groups is 1. The van der Waals surface area contributed by atoms with Gasteiger partial charge in [-0.05, 0) is 46.3 Å². The lowest BCUT2D eigenvalue weighted by atomic mass is 10.1. The monoisotopic (exact) mass is 396 g/mol. The number of likely N-dealkylation sites (tertiary alicyclic amines) is 1. The first kappa shape index (κ1) is 16.1. The van der Waals surface area contributed by atoms with Crippen molar-refractivity contribution in [1.82, 2.24) is 9.88 Å². The lowest BCUT2D eigenvalue weighted by molar-refractivity contribution is 0.0160. The van der Waals surface area contributed by atoms with Crippen molar-refractivity contribution in [3.05, 3.63) is 51.6 Å². The summed E-state index contributed by atoms with van der Waals surface area (Å²) in [6.07, 6.45) is 1.52. The molecule has 1 aliphatic heterocycles. The average molecular weight is 398 g/mol. The van der Waals surface area contributed by atoms with E-state index in [4.69, 9.17) is 21.1 Å². The van der Waals surface area contributed by atoms with Crippen LogP contribution >= 0.6 is 27.5 Å². The van der Waals surface area contributed by atoms with Gasteiger partial charge in [0.1, 0.15) is 16.9 Å². The van der Waals surface area contributed by atoms with Crippen molar-refractivity contribution in [1.29, 1.82) is 0 Å². The Hall–Kier alpha value is -1.79. The molecule has 5 nitrogen and oxygen atoms in total. The number of amides is 1. The zero-order chi connectivity index (χ0) is 16.4. The van der Waals surface area contributed by atoms with Gasteiger partial charge in [0.25, 0.3) is 5.91 Å². The number of benzene rings is 1. The van der Waals surface area contributed by atoms with Crippen LogP contribution in [0.3, 0.4) is 0 Å². The molecule has 0 bridgehead atoms. The Morgan fingerprint density at radius 1 is 1.39 bits per heavy atom. The normalized spacial score (nSPS) is 14.3. The molecule has 1 amide bonds. The van der Waals surface area contributed by atoms with E-state index in [9.17, 15) is 4.79 Å². The SMILES string of the molecule is COc1ccc(Br)c(C(=O)N2CC(Oc3ncccc3Cl)C2)c1. The van der Waals surface area contributed by atoms with Crippen LogP contribution < -0.4 is 9.47 Å². The van der Waals surface area contributed by atoms with Gasteiger partial charge < -0.3 is 14.4 Å². The first-order valence-electron chi connectivity index (χ1n) is 6.98. The fourth-order valence-corrected chi connectivity index (χ4v) is 2.84. The molecule has 3 rings (SSSR count). The first-order chi connectivity index (χ1) is 11.1. The maximum absolute atomic E-state index is 12.5. The molecule has 0 aliphatic carbocycles. The topological polar surface area (TPSA) is 51.7 Å². The van der Waals surface area contributed by atoms with E-state index in [2.05, 4.69) is 20.9 Å². The Morgan fingerprint density at radius 2 is 2.17 bits per heavy atom. The second-order valence-electron chi connectivity index (χ2n) is 5.09. The molecule has 120 valence electrons. The van der Waals surface area contributed by atoms with E-state index in [-0.39, 0.29) is 12.0 Å². The van der Waals surface area contributed by atoms with Gasteiger partial charge >= 0.3 is 0 Å². The summed E-state index contributed by atoms with van der Waals surface area (Å²) in [5, 5.41) is 0.466. The molecular weight excluding hydrogens is 384 g/mol. The molecule has 2 aromatic rings. The summed E-state index contributed by atoms with van der Waals surface area (Å²) < 4.78 is 11.6. The van der Waals surface area contributed by atoms with Crippen LogP contribution in [0.2, 0.25) is 5.02 Å². The lowest BCUT2D eigenvalue weighted by Crippen LogP contribution is -2.56. The molecule has 0 spiro atoms. The van der Waals surface area contributed by atoms with Crippen molar-refractivity contribution in [3.8, 4) is 11.6 Å². The van der Waals surface area contributed by atoms with Crippen LogP contribution in [0.1, 0.15) is 10.4 Å². The quantitative estimate of drug-likeness (QED) is 0.793. The highest BCUT2D eigenvalue weighted by Gasteiger charge is 2.34. The molecule has 7 heteroatoms. The zero-order valence-corrected chi connectivity index (χ0v) is 14.7. The summed E-state index contributed by atoms with van der Waals surface area (Å²) in [5.41, 5.74) is 0.568. The van der Waals surface area contributed by atoms with Crippen LogP contribution in [-0.4, -0.2) is 42.1 Å². The van der Waals surface area contributed by atoms with Crippen LogP contribution in [0.5, 0.6) is 11.6 Å². The molecule has 1 saturated heterocycles. The van der Waals surface area contributed by atoms with Gasteiger partial charge in [-0.1, -0.05) is 11.6 Å². The van der Waals surface area contributed by atoms with Gasteiger partial charge in [-0.2, -0.15) is 0 Å². The molecule has 0 atom stereocenters. The van der Waals surface area contributed by atoms with Crippen LogP contribution in [-0.2, 0) is 0 Å².